The summed E-state index contributed by atoms with van der Waals surface area (Å²) in [4.78, 5) is 34.2. The van der Waals surface area contributed by atoms with Crippen LogP contribution in [0.1, 0.15) is 20.9 Å². The molecule has 13 heteroatoms. The number of hydrogen-bond acceptors (Lipinski definition) is 10. The Balaban J connectivity index is 1.53. The Labute approximate surface area is 178 Å². The molecule has 0 spiro atoms. The van der Waals surface area contributed by atoms with E-state index in [9.17, 15) is 29.9 Å². The van der Waals surface area contributed by atoms with E-state index in [0.29, 0.717) is 10.6 Å². The first-order valence-corrected chi connectivity index (χ1v) is 9.35. The highest BCUT2D eigenvalue weighted by Gasteiger charge is 2.14. The van der Waals surface area contributed by atoms with Crippen molar-refractivity contribution in [2.24, 2.45) is 5.10 Å². The average Bonchev–Trinajstić information content (AvgIpc) is 3.16. The molecule has 4 N–H and O–H groups in total. The van der Waals surface area contributed by atoms with Crippen LogP contribution in [0.25, 0.3) is 0 Å². The Kier molecular flexibility index (Phi) is 6.47. The van der Waals surface area contributed by atoms with E-state index in [4.69, 9.17) is 0 Å². The molecule has 1 aromatic heterocycles. The molecule has 0 saturated heterocycles. The van der Waals surface area contributed by atoms with Crippen molar-refractivity contribution in [1.29, 1.82) is 0 Å². The Morgan fingerprint density at radius 3 is 2.58 bits per heavy atom. The molecule has 31 heavy (non-hydrogen) atoms. The van der Waals surface area contributed by atoms with Gasteiger partial charge in [0.15, 0.2) is 0 Å². The van der Waals surface area contributed by atoms with Crippen molar-refractivity contribution in [3.8, 4) is 11.5 Å². The second-order valence-corrected chi connectivity index (χ2v) is 7.03. The maximum Gasteiger partial charge on any atom is 0.269 e. The molecule has 0 aliphatic heterocycles. The van der Waals surface area contributed by atoms with Gasteiger partial charge in [0.1, 0.15) is 16.5 Å². The number of amides is 2. The predicted molar refractivity (Wildman–Crippen MR) is 110 cm³/mol. The number of anilines is 1. The van der Waals surface area contributed by atoms with E-state index in [0.717, 1.165) is 17.4 Å². The van der Waals surface area contributed by atoms with Crippen LogP contribution in [0.2, 0.25) is 0 Å². The highest BCUT2D eigenvalue weighted by Crippen LogP contribution is 2.21. The number of hydrazone groups is 1. The number of phenols is 2. The molecule has 0 fully saturated rings. The number of nitro groups is 1. The van der Waals surface area contributed by atoms with Gasteiger partial charge in [0.2, 0.25) is 11.0 Å². The van der Waals surface area contributed by atoms with Gasteiger partial charge in [-0.05, 0) is 24.3 Å². The van der Waals surface area contributed by atoms with Crippen LogP contribution in [0, 0.1) is 10.1 Å². The van der Waals surface area contributed by atoms with E-state index in [-0.39, 0.29) is 34.3 Å². The van der Waals surface area contributed by atoms with Crippen LogP contribution in [-0.2, 0) is 11.2 Å². The zero-order chi connectivity index (χ0) is 22.4. The third kappa shape index (κ3) is 5.80. The predicted octanol–water partition coefficient (Wildman–Crippen LogP) is 1.80. The summed E-state index contributed by atoms with van der Waals surface area (Å²) < 4.78 is 0. The number of rotatable bonds is 7. The lowest BCUT2D eigenvalue weighted by Crippen LogP contribution is -2.19. The normalized spacial score (nSPS) is 10.7. The fraction of sp³-hybridized carbons (Fsp3) is 0.0556. The molecule has 0 saturated carbocycles. The molecule has 0 unspecified atom stereocenters. The van der Waals surface area contributed by atoms with Crippen molar-refractivity contribution in [2.45, 2.75) is 6.42 Å². The minimum absolute atomic E-state index is 0.105. The van der Waals surface area contributed by atoms with Crippen molar-refractivity contribution in [3.63, 3.8) is 0 Å². The molecule has 0 aliphatic carbocycles. The Morgan fingerprint density at radius 1 is 1.16 bits per heavy atom. The molecule has 0 atom stereocenters. The lowest BCUT2D eigenvalue weighted by Gasteiger charge is -2.00. The quantitative estimate of drug-likeness (QED) is 0.243. The molecule has 1 heterocycles. The van der Waals surface area contributed by atoms with Gasteiger partial charge in [0.05, 0.1) is 17.6 Å². The van der Waals surface area contributed by atoms with Crippen LogP contribution in [0.3, 0.4) is 0 Å². The number of benzene rings is 2. The van der Waals surface area contributed by atoms with Crippen molar-refractivity contribution < 1.29 is 24.7 Å². The van der Waals surface area contributed by atoms with E-state index < -0.39 is 16.7 Å². The molecule has 0 bridgehead atoms. The van der Waals surface area contributed by atoms with E-state index in [1.807, 2.05) is 0 Å². The molecule has 158 valence electrons. The van der Waals surface area contributed by atoms with Crippen molar-refractivity contribution in [1.82, 2.24) is 15.6 Å². The van der Waals surface area contributed by atoms with Crippen molar-refractivity contribution >= 4 is 40.2 Å². The molecule has 2 aromatic carbocycles. The van der Waals surface area contributed by atoms with E-state index in [1.165, 1.54) is 42.6 Å². The fourth-order valence-corrected chi connectivity index (χ4v) is 3.00. The molecular weight excluding hydrogens is 428 g/mol. The lowest BCUT2D eigenvalue weighted by molar-refractivity contribution is -0.384. The van der Waals surface area contributed by atoms with Crippen molar-refractivity contribution in [3.05, 3.63) is 68.7 Å². The summed E-state index contributed by atoms with van der Waals surface area (Å²) in [7, 11) is 0. The van der Waals surface area contributed by atoms with Gasteiger partial charge in [-0.1, -0.05) is 11.3 Å². The summed E-state index contributed by atoms with van der Waals surface area (Å²) in [5.41, 5.74) is 2.63. The molecule has 0 aliphatic rings. The first-order chi connectivity index (χ1) is 14.8. The minimum atomic E-state index is -0.568. The van der Waals surface area contributed by atoms with Gasteiger partial charge in [-0.2, -0.15) is 5.10 Å². The second-order valence-electron chi connectivity index (χ2n) is 5.97. The number of phenolic OH excluding ortho intramolecular Hbond substituents is 2. The van der Waals surface area contributed by atoms with Gasteiger partial charge < -0.3 is 10.2 Å². The smallest absolute Gasteiger partial charge is 0.269 e. The third-order valence-electron chi connectivity index (χ3n) is 3.75. The molecule has 0 radical (unpaired) electrons. The number of hydrogen-bond donors (Lipinski definition) is 4. The van der Waals surface area contributed by atoms with Crippen LogP contribution >= 0.6 is 11.3 Å². The summed E-state index contributed by atoms with van der Waals surface area (Å²) >= 11 is 0.983. The lowest BCUT2D eigenvalue weighted by atomic mass is 10.2. The number of aromatic hydroxyl groups is 2. The van der Waals surface area contributed by atoms with Crippen LogP contribution < -0.4 is 10.7 Å². The van der Waals surface area contributed by atoms with Crippen LogP contribution in [-0.4, -0.2) is 43.4 Å². The number of nitro benzene ring substituents is 1. The zero-order valence-electron chi connectivity index (χ0n) is 15.6. The highest BCUT2D eigenvalue weighted by molar-refractivity contribution is 7.15. The molecule has 3 aromatic rings. The number of carbonyl (C=O) groups is 2. The van der Waals surface area contributed by atoms with E-state index in [2.05, 4.69) is 26.0 Å². The Hall–Kier alpha value is -4.39. The van der Waals surface area contributed by atoms with Gasteiger partial charge in [-0.25, -0.2) is 5.43 Å². The van der Waals surface area contributed by atoms with E-state index in [1.54, 1.807) is 0 Å². The second kappa shape index (κ2) is 9.41. The fourth-order valence-electron chi connectivity index (χ4n) is 2.27. The Morgan fingerprint density at radius 2 is 1.90 bits per heavy atom. The number of nitrogens with zero attached hydrogens (tertiary/aromatic N) is 4. The maximum atomic E-state index is 12.2. The molecule has 2 amide bonds. The van der Waals surface area contributed by atoms with E-state index >= 15 is 0 Å². The topological polar surface area (TPSA) is 180 Å². The van der Waals surface area contributed by atoms with Gasteiger partial charge in [0, 0.05) is 29.3 Å². The van der Waals surface area contributed by atoms with Crippen LogP contribution in [0.5, 0.6) is 11.5 Å². The zero-order valence-corrected chi connectivity index (χ0v) is 16.4. The first-order valence-electron chi connectivity index (χ1n) is 8.54. The first kappa shape index (κ1) is 21.3. The standard InChI is InChI=1S/C18H14N6O6S/c25-13-6-3-11(14(26)7-13)9-19-21-15(27)8-16-22-23-18(31-16)20-17(28)10-1-4-12(5-2-10)24(29)30/h1-7,9,25-26H,8H2,(H,21,27)(H,20,23,28)/b19-9-. The molecule has 3 rings (SSSR count). The maximum absolute atomic E-state index is 12.2. The Bertz CT molecular complexity index is 1160. The summed E-state index contributed by atoms with van der Waals surface area (Å²) in [5.74, 6) is -1.33. The van der Waals surface area contributed by atoms with Crippen molar-refractivity contribution in [2.75, 3.05) is 5.32 Å². The van der Waals surface area contributed by atoms with Gasteiger partial charge >= 0.3 is 0 Å². The van der Waals surface area contributed by atoms with Gasteiger partial charge in [-0.3, -0.25) is 25.0 Å². The average molecular weight is 442 g/mol. The van der Waals surface area contributed by atoms with Crippen LogP contribution in [0.4, 0.5) is 10.8 Å². The summed E-state index contributed by atoms with van der Waals surface area (Å²) in [6.45, 7) is 0. The molecule has 12 nitrogen and oxygen atoms in total. The largest absolute Gasteiger partial charge is 0.508 e. The summed E-state index contributed by atoms with van der Waals surface area (Å²) in [6.07, 6.45) is 1.06. The van der Waals surface area contributed by atoms with Crippen LogP contribution in [0.15, 0.2) is 47.6 Å². The minimum Gasteiger partial charge on any atom is -0.508 e. The number of non-ortho nitro benzene ring substituents is 1. The van der Waals surface area contributed by atoms with Gasteiger partial charge in [0.25, 0.3) is 11.6 Å². The monoisotopic (exact) mass is 442 g/mol. The third-order valence-corrected chi connectivity index (χ3v) is 4.58. The number of carbonyl (C=O) groups excluding carboxylic acids is 2. The SMILES string of the molecule is O=C(Cc1nnc(NC(=O)c2ccc([N+](=O)[O-])cc2)s1)N/N=C\c1ccc(O)cc1O. The summed E-state index contributed by atoms with van der Waals surface area (Å²) in [5, 5.41) is 43.8. The molecular formula is C18H14N6O6S. The van der Waals surface area contributed by atoms with Gasteiger partial charge in [-0.15, -0.1) is 10.2 Å². The summed E-state index contributed by atoms with van der Waals surface area (Å²) in [6, 6.07) is 8.96. The number of aromatic nitrogens is 2. The number of nitrogens with one attached hydrogen (secondary N) is 2. The highest BCUT2D eigenvalue weighted by atomic mass is 32.1.